The molecule has 0 aliphatic heterocycles. The van der Waals surface area contributed by atoms with E-state index in [0.29, 0.717) is 19.0 Å². The fraction of sp³-hybridized carbons (Fsp3) is 0.400. The summed E-state index contributed by atoms with van der Waals surface area (Å²) in [6.45, 7) is 4.04. The van der Waals surface area contributed by atoms with E-state index in [2.05, 4.69) is 32.1 Å². The zero-order chi connectivity index (χ0) is 15.1. The van der Waals surface area contributed by atoms with Gasteiger partial charge in [-0.25, -0.2) is 9.97 Å². The van der Waals surface area contributed by atoms with Crippen LogP contribution in [0.4, 0.5) is 11.6 Å². The van der Waals surface area contributed by atoms with Gasteiger partial charge >= 0.3 is 0 Å². The Balaban J connectivity index is 2.26. The Hall–Kier alpha value is -2.21. The van der Waals surface area contributed by atoms with Crippen molar-refractivity contribution < 1.29 is 4.74 Å². The lowest BCUT2D eigenvalue weighted by molar-refractivity contribution is 0.178. The first kappa shape index (κ1) is 15.2. The van der Waals surface area contributed by atoms with Crippen LogP contribution in [0.25, 0.3) is 0 Å². The zero-order valence-electron chi connectivity index (χ0n) is 12.7. The van der Waals surface area contributed by atoms with Gasteiger partial charge in [0.15, 0.2) is 5.82 Å². The van der Waals surface area contributed by atoms with Crippen molar-refractivity contribution in [2.75, 3.05) is 30.9 Å². The molecule has 21 heavy (non-hydrogen) atoms. The van der Waals surface area contributed by atoms with Gasteiger partial charge in [0.2, 0.25) is 0 Å². The summed E-state index contributed by atoms with van der Waals surface area (Å²) in [6.07, 6.45) is 1.80. The van der Waals surface area contributed by atoms with Gasteiger partial charge in [0.1, 0.15) is 18.2 Å². The van der Waals surface area contributed by atoms with E-state index in [9.17, 15) is 0 Å². The van der Waals surface area contributed by atoms with Crippen LogP contribution in [0.15, 0.2) is 30.5 Å². The average molecular weight is 287 g/mol. The van der Waals surface area contributed by atoms with E-state index in [0.717, 1.165) is 23.9 Å². The molecule has 0 unspecified atom stereocenters. The maximum Gasteiger partial charge on any atom is 0.158 e. The van der Waals surface area contributed by atoms with Gasteiger partial charge in [-0.05, 0) is 19.1 Å². The lowest BCUT2D eigenvalue weighted by Crippen LogP contribution is -2.24. The molecule has 2 aromatic rings. The number of rotatable bonds is 7. The Kier molecular flexibility index (Phi) is 5.45. The van der Waals surface area contributed by atoms with Crippen molar-refractivity contribution in [3.8, 4) is 0 Å². The van der Waals surface area contributed by atoms with Crippen molar-refractivity contribution >= 4 is 11.6 Å². The minimum atomic E-state index is 0.393. The van der Waals surface area contributed by atoms with Crippen LogP contribution >= 0.6 is 0 Å². The minimum absolute atomic E-state index is 0.393. The van der Waals surface area contributed by atoms with Gasteiger partial charge in [0.05, 0.1) is 12.2 Å². The SMILES string of the molecule is CCN(Cc1ccccn1)c1cc(NC)nc(COC)n1. The van der Waals surface area contributed by atoms with Crippen molar-refractivity contribution in [1.29, 1.82) is 0 Å². The second-order valence-electron chi connectivity index (χ2n) is 4.55. The van der Waals surface area contributed by atoms with Gasteiger partial charge in [-0.15, -0.1) is 0 Å². The number of nitrogens with one attached hydrogen (secondary N) is 1. The summed E-state index contributed by atoms with van der Waals surface area (Å²) in [4.78, 5) is 15.5. The molecule has 0 fully saturated rings. The third-order valence-electron chi connectivity index (χ3n) is 3.07. The quantitative estimate of drug-likeness (QED) is 0.841. The van der Waals surface area contributed by atoms with Crippen LogP contribution in [-0.2, 0) is 17.9 Å². The molecular formula is C15H21N5O. The molecule has 2 aromatic heterocycles. The van der Waals surface area contributed by atoms with Gasteiger partial charge in [-0.1, -0.05) is 6.07 Å². The number of ether oxygens (including phenoxy) is 1. The highest BCUT2D eigenvalue weighted by Gasteiger charge is 2.11. The van der Waals surface area contributed by atoms with Crippen molar-refractivity contribution in [3.63, 3.8) is 0 Å². The molecule has 0 aromatic carbocycles. The lowest BCUT2D eigenvalue weighted by atomic mass is 10.3. The average Bonchev–Trinajstić information content (AvgIpc) is 2.53. The van der Waals surface area contributed by atoms with Crippen molar-refractivity contribution in [2.24, 2.45) is 0 Å². The third-order valence-corrected chi connectivity index (χ3v) is 3.07. The summed E-state index contributed by atoms with van der Waals surface area (Å²) in [7, 11) is 3.48. The topological polar surface area (TPSA) is 63.2 Å². The molecule has 0 atom stereocenters. The van der Waals surface area contributed by atoms with E-state index >= 15 is 0 Å². The predicted octanol–water partition coefficient (Wildman–Crippen LogP) is 2.09. The summed E-state index contributed by atoms with van der Waals surface area (Å²) in [5, 5.41) is 3.06. The molecule has 0 saturated heterocycles. The van der Waals surface area contributed by atoms with E-state index in [-0.39, 0.29) is 0 Å². The summed E-state index contributed by atoms with van der Waals surface area (Å²) >= 11 is 0. The molecule has 0 spiro atoms. The number of anilines is 2. The summed E-state index contributed by atoms with van der Waals surface area (Å²) in [5.74, 6) is 2.32. The third kappa shape index (κ3) is 4.13. The molecule has 6 nitrogen and oxygen atoms in total. The Morgan fingerprint density at radius 2 is 2.14 bits per heavy atom. The van der Waals surface area contributed by atoms with Crippen molar-refractivity contribution in [2.45, 2.75) is 20.1 Å². The monoisotopic (exact) mass is 287 g/mol. The van der Waals surface area contributed by atoms with Crippen LogP contribution in [-0.4, -0.2) is 35.7 Å². The Morgan fingerprint density at radius 3 is 2.76 bits per heavy atom. The highest BCUT2D eigenvalue weighted by atomic mass is 16.5. The fourth-order valence-corrected chi connectivity index (χ4v) is 2.01. The van der Waals surface area contributed by atoms with Crippen molar-refractivity contribution in [1.82, 2.24) is 15.0 Å². The minimum Gasteiger partial charge on any atom is -0.377 e. The number of pyridine rings is 1. The number of hydrogen-bond acceptors (Lipinski definition) is 6. The first-order chi connectivity index (χ1) is 10.3. The summed E-state index contributed by atoms with van der Waals surface area (Å²) in [6, 6.07) is 7.86. The van der Waals surface area contributed by atoms with E-state index in [1.54, 1.807) is 13.3 Å². The fourth-order valence-electron chi connectivity index (χ4n) is 2.01. The molecule has 2 heterocycles. The molecule has 0 saturated carbocycles. The normalized spacial score (nSPS) is 10.4. The van der Waals surface area contributed by atoms with E-state index in [4.69, 9.17) is 4.74 Å². The van der Waals surface area contributed by atoms with Crippen LogP contribution in [0.5, 0.6) is 0 Å². The molecule has 2 rings (SSSR count). The highest BCUT2D eigenvalue weighted by molar-refractivity contribution is 5.49. The van der Waals surface area contributed by atoms with E-state index in [1.165, 1.54) is 0 Å². The molecule has 0 radical (unpaired) electrons. The molecule has 0 bridgehead atoms. The van der Waals surface area contributed by atoms with Gasteiger partial charge in [0, 0.05) is 33.0 Å². The van der Waals surface area contributed by atoms with Gasteiger partial charge in [-0.3, -0.25) is 4.98 Å². The second-order valence-corrected chi connectivity index (χ2v) is 4.55. The molecule has 0 aliphatic rings. The van der Waals surface area contributed by atoms with Gasteiger partial charge in [0.25, 0.3) is 0 Å². The van der Waals surface area contributed by atoms with Crippen LogP contribution in [0.1, 0.15) is 18.4 Å². The second kappa shape index (κ2) is 7.54. The van der Waals surface area contributed by atoms with Gasteiger partial charge in [-0.2, -0.15) is 0 Å². The summed E-state index contributed by atoms with van der Waals surface area (Å²) < 4.78 is 5.13. The van der Waals surface area contributed by atoms with E-state index in [1.807, 2.05) is 31.3 Å². The molecule has 1 N–H and O–H groups in total. The maximum atomic E-state index is 5.13. The molecule has 6 heteroatoms. The number of methoxy groups -OCH3 is 1. The number of nitrogens with zero attached hydrogens (tertiary/aromatic N) is 4. The van der Waals surface area contributed by atoms with Crippen LogP contribution < -0.4 is 10.2 Å². The number of hydrogen-bond donors (Lipinski definition) is 1. The Labute approximate surface area is 125 Å². The lowest BCUT2D eigenvalue weighted by Gasteiger charge is -2.22. The first-order valence-electron chi connectivity index (χ1n) is 6.96. The largest absolute Gasteiger partial charge is 0.377 e. The van der Waals surface area contributed by atoms with Crippen molar-refractivity contribution in [3.05, 3.63) is 42.0 Å². The standard InChI is InChI=1S/C15H21N5O/c1-4-20(10-12-7-5-6-8-17-12)15-9-13(16-2)18-14(19-15)11-21-3/h5-9H,4,10-11H2,1-3H3,(H,16,18,19). The van der Waals surface area contributed by atoms with Gasteiger partial charge < -0.3 is 15.0 Å². The smallest absolute Gasteiger partial charge is 0.158 e. The van der Waals surface area contributed by atoms with Crippen LogP contribution in [0, 0.1) is 0 Å². The highest BCUT2D eigenvalue weighted by Crippen LogP contribution is 2.18. The van der Waals surface area contributed by atoms with Crippen LogP contribution in [0.3, 0.4) is 0 Å². The molecule has 112 valence electrons. The molecular weight excluding hydrogens is 266 g/mol. The zero-order valence-corrected chi connectivity index (χ0v) is 12.7. The molecule has 0 aliphatic carbocycles. The predicted molar refractivity (Wildman–Crippen MR) is 83.3 cm³/mol. The Morgan fingerprint density at radius 1 is 1.29 bits per heavy atom. The maximum absolute atomic E-state index is 5.13. The summed E-state index contributed by atoms with van der Waals surface area (Å²) in [5.41, 5.74) is 1.01. The molecule has 0 amide bonds. The first-order valence-corrected chi connectivity index (χ1v) is 6.96. The van der Waals surface area contributed by atoms with Crippen LogP contribution in [0.2, 0.25) is 0 Å². The Bertz CT molecular complexity index is 561. The van der Waals surface area contributed by atoms with E-state index < -0.39 is 0 Å². The number of aromatic nitrogens is 3.